The van der Waals surface area contributed by atoms with Crippen molar-refractivity contribution in [2.75, 3.05) is 0 Å². The number of benzene rings is 5. The molecule has 0 aliphatic heterocycles. The minimum atomic E-state index is 0.772. The van der Waals surface area contributed by atoms with Crippen LogP contribution in [0.1, 0.15) is 46.4 Å². The van der Waals surface area contributed by atoms with E-state index in [1.165, 1.54) is 67.9 Å². The van der Waals surface area contributed by atoms with Gasteiger partial charge in [0.25, 0.3) is 0 Å². The number of aromatic nitrogens is 2. The Kier molecular flexibility index (Phi) is 7.20. The monoisotopic (exact) mass is 742 g/mol. The van der Waals surface area contributed by atoms with Crippen LogP contribution in [0.3, 0.4) is 0 Å². The normalized spacial score (nSPS) is 13.0. The lowest BCUT2D eigenvalue weighted by molar-refractivity contribution is 0.603. The van der Waals surface area contributed by atoms with Crippen molar-refractivity contribution in [2.45, 2.75) is 19.8 Å². The van der Waals surface area contributed by atoms with Gasteiger partial charge in [0.05, 0.1) is 22.2 Å². The second-order valence-corrected chi connectivity index (χ2v) is 16.2. The lowest BCUT2D eigenvalue weighted by atomic mass is 10.0. The van der Waals surface area contributed by atoms with E-state index in [-0.39, 0.29) is 0 Å². The maximum Gasteiger partial charge on any atom is 0.135 e. The van der Waals surface area contributed by atoms with Crippen molar-refractivity contribution in [3.8, 4) is 5.69 Å². The van der Waals surface area contributed by atoms with Crippen molar-refractivity contribution in [2.24, 2.45) is 0 Å². The van der Waals surface area contributed by atoms with E-state index >= 15 is 0 Å². The van der Waals surface area contributed by atoms with E-state index in [0.29, 0.717) is 0 Å². The van der Waals surface area contributed by atoms with Crippen LogP contribution in [-0.4, -0.2) is 9.13 Å². The Hall–Kier alpha value is -6.36. The molecular weight excluding hydrogens is 709 g/mol. The largest absolute Gasteiger partial charge is 0.456 e. The Morgan fingerprint density at radius 2 is 1.55 bits per heavy atom. The summed E-state index contributed by atoms with van der Waals surface area (Å²) in [5.41, 5.74) is 13.5. The third-order valence-electron chi connectivity index (χ3n) is 11.2. The highest BCUT2D eigenvalue weighted by Gasteiger charge is 2.23. The van der Waals surface area contributed by atoms with E-state index in [9.17, 15) is 0 Å². The molecule has 11 rings (SSSR count). The highest BCUT2D eigenvalue weighted by Crippen LogP contribution is 2.47. The van der Waals surface area contributed by atoms with E-state index in [1.54, 1.807) is 6.08 Å². The van der Waals surface area contributed by atoms with E-state index in [4.69, 9.17) is 4.42 Å². The van der Waals surface area contributed by atoms with Crippen molar-refractivity contribution in [3.63, 3.8) is 0 Å². The molecule has 262 valence electrons. The van der Waals surface area contributed by atoms with Gasteiger partial charge in [-0.15, -0.1) is 28.4 Å². The van der Waals surface area contributed by atoms with E-state index in [0.717, 1.165) is 57.6 Å². The molecule has 0 amide bonds. The van der Waals surface area contributed by atoms with Gasteiger partial charge in [0, 0.05) is 85.8 Å². The number of fused-ring (bicyclic) bond motifs is 13. The Morgan fingerprint density at radius 3 is 2.38 bits per heavy atom. The van der Waals surface area contributed by atoms with Gasteiger partial charge in [0.15, 0.2) is 0 Å². The molecular formula is C50H34N2OS2. The molecule has 0 saturated heterocycles. The highest BCUT2D eigenvalue weighted by atomic mass is 32.1. The summed E-state index contributed by atoms with van der Waals surface area (Å²) in [5.74, 6) is 0.772. The number of hydrogen-bond donors (Lipinski definition) is 0. The molecule has 5 aromatic heterocycles. The molecule has 0 atom stereocenters. The van der Waals surface area contributed by atoms with Gasteiger partial charge in [-0.1, -0.05) is 79.9 Å². The van der Waals surface area contributed by atoms with Crippen LogP contribution in [0.4, 0.5) is 0 Å². The Bertz CT molecular complexity index is 3410. The SMILES string of the molecule is C=Cc1oc2ccccc2c1/C=C/n1c2ccccc2c2c3sc4c(ccc5c4c(C=C)c(C=C=CC)n5-c4ccc5sc6c(c5c4)C=CCC6)c3ccc21. The number of rotatable bonds is 6. The molecule has 0 fully saturated rings. The predicted octanol–water partition coefficient (Wildman–Crippen LogP) is 15.1. The number of aryl methyl sites for hydroxylation is 1. The zero-order chi connectivity index (χ0) is 36.8. The Balaban J connectivity index is 1.18. The molecule has 10 aromatic rings. The van der Waals surface area contributed by atoms with Gasteiger partial charge < -0.3 is 13.6 Å². The second kappa shape index (κ2) is 12.3. The van der Waals surface area contributed by atoms with Gasteiger partial charge in [-0.25, -0.2) is 0 Å². The molecule has 0 radical (unpaired) electrons. The number of thiophene rings is 2. The molecule has 3 nitrogen and oxygen atoms in total. The molecule has 5 heterocycles. The van der Waals surface area contributed by atoms with Crippen LogP contribution in [0.5, 0.6) is 0 Å². The predicted molar refractivity (Wildman–Crippen MR) is 242 cm³/mol. The van der Waals surface area contributed by atoms with Crippen LogP contribution in [0, 0.1) is 0 Å². The first-order valence-corrected chi connectivity index (χ1v) is 20.3. The summed E-state index contributed by atoms with van der Waals surface area (Å²) in [4.78, 5) is 1.49. The maximum atomic E-state index is 6.14. The van der Waals surface area contributed by atoms with Crippen LogP contribution in [0.25, 0.3) is 116 Å². The molecule has 0 bridgehead atoms. The highest BCUT2D eigenvalue weighted by molar-refractivity contribution is 7.27. The zero-order valence-electron chi connectivity index (χ0n) is 30.2. The van der Waals surface area contributed by atoms with Crippen molar-refractivity contribution in [3.05, 3.63) is 155 Å². The molecule has 1 aliphatic rings. The molecule has 55 heavy (non-hydrogen) atoms. The fourth-order valence-corrected chi connectivity index (χ4v) is 11.4. The average Bonchev–Trinajstić information content (AvgIpc) is 4.03. The van der Waals surface area contributed by atoms with E-state index < -0.39 is 0 Å². The summed E-state index contributed by atoms with van der Waals surface area (Å²) in [5, 5.41) is 8.66. The number of para-hydroxylation sites is 2. The van der Waals surface area contributed by atoms with Crippen molar-refractivity contribution in [1.29, 1.82) is 0 Å². The minimum Gasteiger partial charge on any atom is -0.456 e. The van der Waals surface area contributed by atoms with Crippen molar-refractivity contribution in [1.82, 2.24) is 9.13 Å². The van der Waals surface area contributed by atoms with Crippen LogP contribution in [0.15, 0.2) is 126 Å². The fraction of sp³-hybridized carbons (Fsp3) is 0.0600. The van der Waals surface area contributed by atoms with Gasteiger partial charge in [0.2, 0.25) is 0 Å². The second-order valence-electron chi connectivity index (χ2n) is 14.1. The zero-order valence-corrected chi connectivity index (χ0v) is 31.9. The first-order valence-electron chi connectivity index (χ1n) is 18.7. The van der Waals surface area contributed by atoms with Gasteiger partial charge in [-0.05, 0) is 86.0 Å². The first kappa shape index (κ1) is 32.1. The lowest BCUT2D eigenvalue weighted by Gasteiger charge is -2.10. The summed E-state index contributed by atoms with van der Waals surface area (Å²) in [6.07, 6.45) is 19.1. The number of hydrogen-bond acceptors (Lipinski definition) is 3. The topological polar surface area (TPSA) is 23.0 Å². The van der Waals surface area contributed by atoms with Crippen LogP contribution >= 0.6 is 22.7 Å². The van der Waals surface area contributed by atoms with Gasteiger partial charge in [-0.3, -0.25) is 0 Å². The number of allylic oxidation sites excluding steroid dienone is 2. The van der Waals surface area contributed by atoms with Gasteiger partial charge in [0.1, 0.15) is 11.3 Å². The summed E-state index contributed by atoms with van der Waals surface area (Å²) in [6, 6.07) is 33.1. The average molecular weight is 743 g/mol. The van der Waals surface area contributed by atoms with Crippen LogP contribution in [-0.2, 0) is 6.42 Å². The first-order chi connectivity index (χ1) is 27.2. The fourth-order valence-electron chi connectivity index (χ4n) is 8.78. The van der Waals surface area contributed by atoms with Gasteiger partial charge in [-0.2, -0.15) is 0 Å². The molecule has 0 saturated carbocycles. The van der Waals surface area contributed by atoms with Crippen LogP contribution in [0.2, 0.25) is 0 Å². The summed E-state index contributed by atoms with van der Waals surface area (Å²) >= 11 is 3.82. The summed E-state index contributed by atoms with van der Waals surface area (Å²) in [6.45, 7) is 10.4. The smallest absolute Gasteiger partial charge is 0.135 e. The third kappa shape index (κ3) is 4.61. The van der Waals surface area contributed by atoms with Crippen LogP contribution < -0.4 is 0 Å². The van der Waals surface area contributed by atoms with Crippen molar-refractivity contribution >= 4 is 133 Å². The number of furan rings is 1. The third-order valence-corrected chi connectivity index (χ3v) is 13.7. The quantitative estimate of drug-likeness (QED) is 0.156. The minimum absolute atomic E-state index is 0.772. The molecule has 0 spiro atoms. The Morgan fingerprint density at radius 1 is 0.745 bits per heavy atom. The molecule has 0 N–H and O–H groups in total. The van der Waals surface area contributed by atoms with E-state index in [2.05, 4.69) is 137 Å². The summed E-state index contributed by atoms with van der Waals surface area (Å²) < 4.78 is 14.8. The molecule has 1 aliphatic carbocycles. The standard InChI is InChI=1S/C50H34N2OS2/c1-4-7-17-40-31(5-2)47-42(52(40)30-21-26-46-38(29-30)34-15-10-13-20-45(34)54-46)25-23-36-35-22-24-41-48(50(35)55-49(36)47)37-16-8-11-18-39(37)51(41)28-27-33-32-14-9-12-19-44(32)53-43(33)6-3/h4-6,8-12,14-19,21-29H,2-3,13,20H2,1H3/b28-27+. The van der Waals surface area contributed by atoms with Crippen molar-refractivity contribution < 1.29 is 4.42 Å². The summed E-state index contributed by atoms with van der Waals surface area (Å²) in [7, 11) is 0. The Labute approximate surface area is 325 Å². The maximum absolute atomic E-state index is 6.14. The molecule has 5 aromatic carbocycles. The molecule has 5 heteroatoms. The molecule has 0 unspecified atom stereocenters. The van der Waals surface area contributed by atoms with E-state index in [1.807, 2.05) is 53.9 Å². The number of nitrogens with zero attached hydrogens (tertiary/aromatic N) is 2. The van der Waals surface area contributed by atoms with Gasteiger partial charge >= 0.3 is 0 Å². The lowest BCUT2D eigenvalue weighted by Crippen LogP contribution is -1.97.